The Labute approximate surface area is 112 Å². The Morgan fingerprint density at radius 2 is 2.06 bits per heavy atom. The summed E-state index contributed by atoms with van der Waals surface area (Å²) in [5.74, 6) is 1.23. The summed E-state index contributed by atoms with van der Waals surface area (Å²) in [6.45, 7) is 2.23. The fraction of sp³-hybridized carbons (Fsp3) is 0.429. The Kier molecular flexibility index (Phi) is 4.12. The molecule has 0 amide bonds. The number of anilines is 1. The second-order valence-corrected chi connectivity index (χ2v) is 5.94. The Hall–Kier alpha value is -1.65. The first-order valence-electron chi connectivity index (χ1n) is 6.07. The van der Waals surface area contributed by atoms with E-state index in [-0.39, 0.29) is 0 Å². The molecule has 0 aromatic heterocycles. The van der Waals surface area contributed by atoms with E-state index in [0.717, 1.165) is 12.1 Å². The van der Waals surface area contributed by atoms with Crippen LogP contribution in [0, 0.1) is 22.7 Å². The summed E-state index contributed by atoms with van der Waals surface area (Å²) in [6, 6.07) is 9.91. The highest BCUT2D eigenvalue weighted by atomic mass is 32.2. The number of nitrogens with one attached hydrogen (secondary N) is 1. The van der Waals surface area contributed by atoms with Crippen LogP contribution in [0.5, 0.6) is 0 Å². The van der Waals surface area contributed by atoms with Crippen molar-refractivity contribution < 1.29 is 0 Å². The predicted octanol–water partition coefficient (Wildman–Crippen LogP) is 3.13. The molecule has 0 aliphatic carbocycles. The van der Waals surface area contributed by atoms with E-state index < -0.39 is 0 Å². The molecule has 3 nitrogen and oxygen atoms in total. The molecule has 2 atom stereocenters. The normalized spacial score (nSPS) is 22.8. The minimum absolute atomic E-state index is 0.439. The Morgan fingerprint density at radius 3 is 2.72 bits per heavy atom. The minimum Gasteiger partial charge on any atom is -0.381 e. The number of hydrogen-bond acceptors (Lipinski definition) is 4. The third kappa shape index (κ3) is 2.78. The molecule has 1 aliphatic heterocycles. The van der Waals surface area contributed by atoms with Gasteiger partial charge in [-0.15, -0.1) is 0 Å². The van der Waals surface area contributed by atoms with Crippen molar-refractivity contribution in [1.29, 1.82) is 10.5 Å². The molecule has 0 spiro atoms. The molecular formula is C14H15N3S. The SMILES string of the molecule is CC1SCCCC1Nc1ccc(C#N)c(C#N)c1. The van der Waals surface area contributed by atoms with Crippen LogP contribution in [0.15, 0.2) is 18.2 Å². The zero-order valence-corrected chi connectivity index (χ0v) is 11.1. The maximum absolute atomic E-state index is 9.00. The van der Waals surface area contributed by atoms with Gasteiger partial charge in [-0.3, -0.25) is 0 Å². The molecule has 1 aromatic rings. The third-order valence-corrected chi connectivity index (χ3v) is 4.60. The van der Waals surface area contributed by atoms with E-state index in [1.54, 1.807) is 12.1 Å². The van der Waals surface area contributed by atoms with Gasteiger partial charge in [0.2, 0.25) is 0 Å². The van der Waals surface area contributed by atoms with Crippen LogP contribution in [0.3, 0.4) is 0 Å². The zero-order chi connectivity index (χ0) is 13.0. The van der Waals surface area contributed by atoms with Crippen LogP contribution in [0.1, 0.15) is 30.9 Å². The first-order valence-corrected chi connectivity index (χ1v) is 7.12. The van der Waals surface area contributed by atoms with Crippen LogP contribution in [0.4, 0.5) is 5.69 Å². The van der Waals surface area contributed by atoms with Gasteiger partial charge in [0.15, 0.2) is 0 Å². The van der Waals surface area contributed by atoms with E-state index in [4.69, 9.17) is 10.5 Å². The van der Waals surface area contributed by atoms with Gasteiger partial charge >= 0.3 is 0 Å². The third-order valence-electron chi connectivity index (χ3n) is 3.22. The highest BCUT2D eigenvalue weighted by Crippen LogP contribution is 2.28. The molecule has 0 radical (unpaired) electrons. The molecular weight excluding hydrogens is 242 g/mol. The van der Waals surface area contributed by atoms with Crippen molar-refractivity contribution in [2.75, 3.05) is 11.1 Å². The first-order chi connectivity index (χ1) is 8.74. The largest absolute Gasteiger partial charge is 0.381 e. The number of nitriles is 2. The van der Waals surface area contributed by atoms with E-state index in [2.05, 4.69) is 18.3 Å². The smallest absolute Gasteiger partial charge is 0.101 e. The molecule has 18 heavy (non-hydrogen) atoms. The molecule has 2 rings (SSSR count). The second-order valence-electron chi connectivity index (χ2n) is 4.45. The molecule has 92 valence electrons. The maximum Gasteiger partial charge on any atom is 0.101 e. The first kappa shape index (κ1) is 12.8. The van der Waals surface area contributed by atoms with Gasteiger partial charge in [0.25, 0.3) is 0 Å². The Morgan fingerprint density at radius 1 is 1.28 bits per heavy atom. The van der Waals surface area contributed by atoms with Gasteiger partial charge in [0, 0.05) is 17.0 Å². The average molecular weight is 257 g/mol. The lowest BCUT2D eigenvalue weighted by Crippen LogP contribution is -2.32. The average Bonchev–Trinajstić information content (AvgIpc) is 2.41. The topological polar surface area (TPSA) is 59.6 Å². The van der Waals surface area contributed by atoms with Crippen molar-refractivity contribution in [3.8, 4) is 12.1 Å². The van der Waals surface area contributed by atoms with Crippen molar-refractivity contribution in [3.63, 3.8) is 0 Å². The van der Waals surface area contributed by atoms with E-state index in [1.807, 2.05) is 23.9 Å². The lowest BCUT2D eigenvalue weighted by Gasteiger charge is -2.30. The minimum atomic E-state index is 0.439. The summed E-state index contributed by atoms with van der Waals surface area (Å²) in [4.78, 5) is 0. The van der Waals surface area contributed by atoms with Gasteiger partial charge < -0.3 is 5.32 Å². The molecule has 1 heterocycles. The highest BCUT2D eigenvalue weighted by molar-refractivity contribution is 8.00. The summed E-state index contributed by atoms with van der Waals surface area (Å²) >= 11 is 1.98. The standard InChI is InChI=1S/C14H15N3S/c1-10-14(3-2-6-18-10)17-13-5-4-11(8-15)12(7-13)9-16/h4-5,7,10,14,17H,2-3,6H2,1H3. The van der Waals surface area contributed by atoms with Crippen LogP contribution in [0.25, 0.3) is 0 Å². The molecule has 0 bridgehead atoms. The molecule has 1 N–H and O–H groups in total. The van der Waals surface area contributed by atoms with E-state index in [1.165, 1.54) is 12.2 Å². The van der Waals surface area contributed by atoms with Crippen LogP contribution < -0.4 is 5.32 Å². The van der Waals surface area contributed by atoms with Crippen LogP contribution in [0.2, 0.25) is 0 Å². The molecule has 4 heteroatoms. The summed E-state index contributed by atoms with van der Waals surface area (Å²) in [6.07, 6.45) is 2.39. The van der Waals surface area contributed by atoms with Crippen molar-refractivity contribution in [2.45, 2.75) is 31.1 Å². The number of hydrogen-bond donors (Lipinski definition) is 1. The van der Waals surface area contributed by atoms with Crippen molar-refractivity contribution in [3.05, 3.63) is 29.3 Å². The summed E-state index contributed by atoms with van der Waals surface area (Å²) in [7, 11) is 0. The zero-order valence-electron chi connectivity index (χ0n) is 10.3. The second kappa shape index (κ2) is 5.80. The van der Waals surface area contributed by atoms with E-state index in [0.29, 0.717) is 22.4 Å². The monoisotopic (exact) mass is 257 g/mol. The van der Waals surface area contributed by atoms with Crippen molar-refractivity contribution in [2.24, 2.45) is 0 Å². The van der Waals surface area contributed by atoms with Crippen LogP contribution >= 0.6 is 11.8 Å². The molecule has 1 aliphatic rings. The van der Waals surface area contributed by atoms with Gasteiger partial charge in [-0.25, -0.2) is 0 Å². The lowest BCUT2D eigenvalue weighted by molar-refractivity contribution is 0.617. The van der Waals surface area contributed by atoms with Crippen LogP contribution in [-0.4, -0.2) is 17.0 Å². The molecule has 2 unspecified atom stereocenters. The van der Waals surface area contributed by atoms with Crippen LogP contribution in [-0.2, 0) is 0 Å². The quantitative estimate of drug-likeness (QED) is 0.884. The molecule has 1 fully saturated rings. The van der Waals surface area contributed by atoms with Gasteiger partial charge in [-0.05, 0) is 36.8 Å². The fourth-order valence-electron chi connectivity index (χ4n) is 2.15. The molecule has 0 saturated carbocycles. The Balaban J connectivity index is 2.15. The van der Waals surface area contributed by atoms with E-state index >= 15 is 0 Å². The summed E-state index contributed by atoms with van der Waals surface area (Å²) in [5, 5.41) is 21.9. The number of thioether (sulfide) groups is 1. The fourth-order valence-corrected chi connectivity index (χ4v) is 3.29. The lowest BCUT2D eigenvalue weighted by atomic mass is 10.1. The predicted molar refractivity (Wildman–Crippen MR) is 74.4 cm³/mol. The van der Waals surface area contributed by atoms with Gasteiger partial charge in [0.05, 0.1) is 11.1 Å². The number of rotatable bonds is 2. The summed E-state index contributed by atoms with van der Waals surface area (Å²) in [5.41, 5.74) is 1.82. The maximum atomic E-state index is 9.00. The number of nitrogens with zero attached hydrogens (tertiary/aromatic N) is 2. The highest BCUT2D eigenvalue weighted by Gasteiger charge is 2.21. The number of benzene rings is 1. The molecule has 1 aromatic carbocycles. The van der Waals surface area contributed by atoms with Gasteiger partial charge in [-0.1, -0.05) is 6.92 Å². The van der Waals surface area contributed by atoms with Gasteiger partial charge in [0.1, 0.15) is 12.1 Å². The van der Waals surface area contributed by atoms with E-state index in [9.17, 15) is 0 Å². The van der Waals surface area contributed by atoms with Gasteiger partial charge in [-0.2, -0.15) is 22.3 Å². The van der Waals surface area contributed by atoms with Crippen molar-refractivity contribution >= 4 is 17.4 Å². The summed E-state index contributed by atoms with van der Waals surface area (Å²) < 4.78 is 0. The molecule has 1 saturated heterocycles. The Bertz CT molecular complexity index is 513. The van der Waals surface area contributed by atoms with Crippen molar-refractivity contribution in [1.82, 2.24) is 0 Å².